The van der Waals surface area contributed by atoms with E-state index < -0.39 is 5.82 Å². The third-order valence-corrected chi connectivity index (χ3v) is 3.47. The highest BCUT2D eigenvalue weighted by atomic mass is 19.1. The summed E-state index contributed by atoms with van der Waals surface area (Å²) in [4.78, 5) is 27.6. The van der Waals surface area contributed by atoms with Crippen LogP contribution in [-0.4, -0.2) is 44.4 Å². The minimum absolute atomic E-state index is 0.120. The fourth-order valence-electron chi connectivity index (χ4n) is 2.18. The molecule has 0 heterocycles. The smallest absolute Gasteiger partial charge is 0.254 e. The highest BCUT2D eigenvalue weighted by Crippen LogP contribution is 2.14. The van der Waals surface area contributed by atoms with Gasteiger partial charge in [-0.1, -0.05) is 6.07 Å². The van der Waals surface area contributed by atoms with Crippen LogP contribution in [0, 0.1) is 5.82 Å². The molecule has 0 aliphatic carbocycles. The molecule has 0 saturated heterocycles. The molecule has 0 saturated carbocycles. The first-order valence-corrected chi connectivity index (χ1v) is 7.45. The van der Waals surface area contributed by atoms with Gasteiger partial charge in [-0.2, -0.15) is 0 Å². The Morgan fingerprint density at radius 2 is 1.71 bits per heavy atom. The molecule has 24 heavy (non-hydrogen) atoms. The zero-order chi connectivity index (χ0) is 17.7. The monoisotopic (exact) mass is 329 g/mol. The van der Waals surface area contributed by atoms with Gasteiger partial charge in [-0.25, -0.2) is 4.39 Å². The topological polar surface area (TPSA) is 52.7 Å². The molecule has 0 fully saturated rings. The largest absolute Gasteiger partial charge is 0.378 e. The first kappa shape index (κ1) is 17.5. The average Bonchev–Trinajstić information content (AvgIpc) is 2.54. The second-order valence-electron chi connectivity index (χ2n) is 5.66. The van der Waals surface area contributed by atoms with Crippen LogP contribution in [0.3, 0.4) is 0 Å². The van der Waals surface area contributed by atoms with Crippen LogP contribution in [0.2, 0.25) is 0 Å². The van der Waals surface area contributed by atoms with Gasteiger partial charge in [0.15, 0.2) is 0 Å². The number of halogens is 1. The van der Waals surface area contributed by atoms with Gasteiger partial charge < -0.3 is 15.1 Å². The van der Waals surface area contributed by atoms with Crippen molar-refractivity contribution in [3.8, 4) is 0 Å². The summed E-state index contributed by atoms with van der Waals surface area (Å²) in [5.41, 5.74) is 1.84. The number of benzene rings is 2. The summed E-state index contributed by atoms with van der Waals surface area (Å²) in [6.07, 6.45) is 0. The van der Waals surface area contributed by atoms with Crippen LogP contribution < -0.4 is 10.2 Å². The Balaban J connectivity index is 1.96. The van der Waals surface area contributed by atoms with Crippen LogP contribution in [0.25, 0.3) is 0 Å². The van der Waals surface area contributed by atoms with E-state index in [0.717, 1.165) is 5.69 Å². The molecule has 0 spiro atoms. The van der Waals surface area contributed by atoms with Gasteiger partial charge in [0.1, 0.15) is 5.82 Å². The summed E-state index contributed by atoms with van der Waals surface area (Å²) in [5, 5.41) is 2.56. The zero-order valence-corrected chi connectivity index (χ0v) is 13.9. The van der Waals surface area contributed by atoms with Crippen molar-refractivity contribution in [2.24, 2.45) is 0 Å². The molecule has 0 aliphatic rings. The Hall–Kier alpha value is -2.89. The molecule has 0 unspecified atom stereocenters. The van der Waals surface area contributed by atoms with Crippen molar-refractivity contribution in [1.82, 2.24) is 4.90 Å². The molecular formula is C18H20FN3O2. The summed E-state index contributed by atoms with van der Waals surface area (Å²) in [6.45, 7) is -0.120. The Morgan fingerprint density at radius 1 is 1.04 bits per heavy atom. The van der Waals surface area contributed by atoms with Gasteiger partial charge in [0, 0.05) is 38.1 Å². The predicted molar refractivity (Wildman–Crippen MR) is 92.8 cm³/mol. The summed E-state index contributed by atoms with van der Waals surface area (Å²) in [7, 11) is 5.38. The quantitative estimate of drug-likeness (QED) is 0.917. The highest BCUT2D eigenvalue weighted by molar-refractivity contribution is 5.99. The number of amides is 2. The van der Waals surface area contributed by atoms with E-state index in [0.29, 0.717) is 11.3 Å². The van der Waals surface area contributed by atoms with Crippen molar-refractivity contribution in [3.05, 3.63) is 59.9 Å². The summed E-state index contributed by atoms with van der Waals surface area (Å²) in [5.74, 6) is -1.07. The van der Waals surface area contributed by atoms with Crippen LogP contribution in [-0.2, 0) is 4.79 Å². The average molecular weight is 329 g/mol. The van der Waals surface area contributed by atoms with Gasteiger partial charge >= 0.3 is 0 Å². The van der Waals surface area contributed by atoms with Crippen molar-refractivity contribution < 1.29 is 14.0 Å². The number of likely N-dealkylation sites (N-methyl/N-ethyl adjacent to an activating group) is 1. The third-order valence-electron chi connectivity index (χ3n) is 3.47. The minimum Gasteiger partial charge on any atom is -0.378 e. The molecule has 0 aliphatic heterocycles. The summed E-state index contributed by atoms with van der Waals surface area (Å²) >= 11 is 0. The number of carbonyl (C=O) groups excluding carboxylic acids is 2. The maximum atomic E-state index is 13.1. The van der Waals surface area contributed by atoms with Crippen molar-refractivity contribution in [2.75, 3.05) is 37.9 Å². The lowest BCUT2D eigenvalue weighted by Crippen LogP contribution is -2.34. The Labute approximate surface area is 140 Å². The standard InChI is InChI=1S/C18H20FN3O2/c1-21(2)16-9-7-13(8-10-16)18(24)22(3)12-17(23)20-15-6-4-5-14(19)11-15/h4-11H,12H2,1-3H3,(H,20,23). The molecule has 2 rings (SSSR count). The lowest BCUT2D eigenvalue weighted by molar-refractivity contribution is -0.116. The van der Waals surface area contributed by atoms with E-state index in [-0.39, 0.29) is 18.4 Å². The Kier molecular flexibility index (Phi) is 5.52. The fourth-order valence-corrected chi connectivity index (χ4v) is 2.18. The predicted octanol–water partition coefficient (Wildman–Crippen LogP) is 2.60. The third kappa shape index (κ3) is 4.55. The first-order valence-electron chi connectivity index (χ1n) is 7.45. The zero-order valence-electron chi connectivity index (χ0n) is 13.9. The van der Waals surface area contributed by atoms with Crippen LogP contribution in [0.5, 0.6) is 0 Å². The number of carbonyl (C=O) groups is 2. The molecule has 0 radical (unpaired) electrons. The number of nitrogens with zero attached hydrogens (tertiary/aromatic N) is 2. The fraction of sp³-hybridized carbons (Fsp3) is 0.222. The van der Waals surface area contributed by atoms with Gasteiger partial charge in [0.05, 0.1) is 6.54 Å². The number of nitrogens with one attached hydrogen (secondary N) is 1. The van der Waals surface area contributed by atoms with E-state index in [1.165, 1.54) is 23.1 Å². The lowest BCUT2D eigenvalue weighted by Gasteiger charge is -2.18. The van der Waals surface area contributed by atoms with Gasteiger partial charge in [-0.3, -0.25) is 9.59 Å². The molecule has 0 bridgehead atoms. The number of hydrogen-bond acceptors (Lipinski definition) is 3. The van der Waals surface area contributed by atoms with Crippen LogP contribution in [0.15, 0.2) is 48.5 Å². The second kappa shape index (κ2) is 7.59. The van der Waals surface area contributed by atoms with Crippen LogP contribution in [0.1, 0.15) is 10.4 Å². The van der Waals surface area contributed by atoms with Crippen LogP contribution >= 0.6 is 0 Å². The van der Waals surface area contributed by atoms with E-state index in [1.807, 2.05) is 31.1 Å². The summed E-state index contributed by atoms with van der Waals surface area (Å²) < 4.78 is 13.1. The normalized spacial score (nSPS) is 10.2. The molecule has 5 nitrogen and oxygen atoms in total. The molecule has 126 valence electrons. The number of hydrogen-bond donors (Lipinski definition) is 1. The van der Waals surface area contributed by atoms with E-state index in [9.17, 15) is 14.0 Å². The van der Waals surface area contributed by atoms with E-state index in [1.54, 1.807) is 25.2 Å². The molecule has 0 atom stereocenters. The van der Waals surface area contributed by atoms with Crippen molar-refractivity contribution >= 4 is 23.2 Å². The van der Waals surface area contributed by atoms with E-state index >= 15 is 0 Å². The molecule has 0 aromatic heterocycles. The first-order chi connectivity index (χ1) is 11.4. The van der Waals surface area contributed by atoms with E-state index in [2.05, 4.69) is 5.32 Å². The maximum Gasteiger partial charge on any atom is 0.254 e. The van der Waals surface area contributed by atoms with Crippen molar-refractivity contribution in [1.29, 1.82) is 0 Å². The van der Waals surface area contributed by atoms with Gasteiger partial charge in [-0.05, 0) is 42.5 Å². The minimum atomic E-state index is -0.432. The van der Waals surface area contributed by atoms with Gasteiger partial charge in [0.25, 0.3) is 5.91 Å². The molecule has 2 amide bonds. The number of anilines is 2. The summed E-state index contributed by atoms with van der Waals surface area (Å²) in [6, 6.07) is 12.7. The Morgan fingerprint density at radius 3 is 2.29 bits per heavy atom. The molecule has 1 N–H and O–H groups in total. The maximum absolute atomic E-state index is 13.1. The van der Waals surface area contributed by atoms with Crippen molar-refractivity contribution in [3.63, 3.8) is 0 Å². The van der Waals surface area contributed by atoms with E-state index in [4.69, 9.17) is 0 Å². The Bertz CT molecular complexity index is 729. The molecule has 6 heteroatoms. The molecule has 2 aromatic rings. The molecule has 2 aromatic carbocycles. The van der Waals surface area contributed by atoms with Gasteiger partial charge in [0.2, 0.25) is 5.91 Å². The SMILES string of the molecule is CN(CC(=O)Nc1cccc(F)c1)C(=O)c1ccc(N(C)C)cc1. The van der Waals surface area contributed by atoms with Gasteiger partial charge in [-0.15, -0.1) is 0 Å². The highest BCUT2D eigenvalue weighted by Gasteiger charge is 2.15. The lowest BCUT2D eigenvalue weighted by atomic mass is 10.2. The van der Waals surface area contributed by atoms with Crippen molar-refractivity contribution in [2.45, 2.75) is 0 Å². The molecular weight excluding hydrogens is 309 g/mol. The number of rotatable bonds is 5. The van der Waals surface area contributed by atoms with Crippen LogP contribution in [0.4, 0.5) is 15.8 Å². The second-order valence-corrected chi connectivity index (χ2v) is 5.66.